The van der Waals surface area contributed by atoms with Gasteiger partial charge in [-0.1, -0.05) is 78.4 Å². The van der Waals surface area contributed by atoms with Gasteiger partial charge in [0.05, 0.1) is 12.3 Å². The molecular weight excluding hydrogens is 412 g/mol. The molecule has 2 N–H and O–H groups in total. The van der Waals surface area contributed by atoms with Crippen LogP contribution in [0.25, 0.3) is 6.08 Å². The van der Waals surface area contributed by atoms with Crippen molar-refractivity contribution < 1.29 is 14.0 Å². The number of hydrogen-bond acceptors (Lipinski definition) is 3. The molecule has 0 fully saturated rings. The van der Waals surface area contributed by atoms with Crippen molar-refractivity contribution in [3.63, 3.8) is 0 Å². The van der Waals surface area contributed by atoms with Crippen LogP contribution in [0.4, 0.5) is 0 Å². The van der Waals surface area contributed by atoms with Crippen LogP contribution in [0.1, 0.15) is 38.9 Å². The molecule has 3 aromatic carbocycles. The molecule has 0 saturated carbocycles. The summed E-state index contributed by atoms with van der Waals surface area (Å²) in [6.45, 7) is 1.91. The smallest absolute Gasteiger partial charge is 0.268 e. The molecule has 1 aromatic heterocycles. The maximum Gasteiger partial charge on any atom is 0.268 e. The number of hydrogen-bond donors (Lipinski definition) is 2. The molecular formula is C28H24N2O3. The van der Waals surface area contributed by atoms with E-state index in [4.69, 9.17) is 4.42 Å². The van der Waals surface area contributed by atoms with E-state index in [0.717, 1.165) is 16.7 Å². The summed E-state index contributed by atoms with van der Waals surface area (Å²) >= 11 is 0. The van der Waals surface area contributed by atoms with Crippen LogP contribution in [-0.4, -0.2) is 11.8 Å². The van der Waals surface area contributed by atoms with Crippen molar-refractivity contribution in [1.82, 2.24) is 10.6 Å². The van der Waals surface area contributed by atoms with Gasteiger partial charge in [-0.3, -0.25) is 9.59 Å². The van der Waals surface area contributed by atoms with Crippen LogP contribution in [0.3, 0.4) is 0 Å². The lowest BCUT2D eigenvalue weighted by Crippen LogP contribution is -2.37. The van der Waals surface area contributed by atoms with Gasteiger partial charge in [0.15, 0.2) is 0 Å². The highest BCUT2D eigenvalue weighted by Crippen LogP contribution is 2.22. The molecule has 0 aliphatic carbocycles. The Hall–Kier alpha value is -4.38. The average Bonchev–Trinajstić information content (AvgIpc) is 3.36. The zero-order valence-electron chi connectivity index (χ0n) is 18.2. The SMILES string of the molecule is Cc1cccc(C(=O)N/C(=C\c2ccco2)C(=O)NC(c2ccccc2)c2ccccc2)c1. The predicted molar refractivity (Wildman–Crippen MR) is 128 cm³/mol. The van der Waals surface area contributed by atoms with Crippen LogP contribution in [0.2, 0.25) is 0 Å². The van der Waals surface area contributed by atoms with Crippen molar-refractivity contribution in [3.05, 3.63) is 137 Å². The molecule has 0 aliphatic rings. The first-order valence-electron chi connectivity index (χ1n) is 10.6. The Morgan fingerprint density at radius 3 is 2.06 bits per heavy atom. The molecule has 4 rings (SSSR count). The maximum atomic E-state index is 13.4. The fourth-order valence-electron chi connectivity index (χ4n) is 3.51. The van der Waals surface area contributed by atoms with E-state index in [-0.39, 0.29) is 11.6 Å². The standard InChI is InChI=1S/C28H24N2O3/c1-20-10-8-15-23(18-20)27(31)29-25(19-24-16-9-17-33-24)28(32)30-26(21-11-4-2-5-12-21)22-13-6-3-7-14-22/h2-19,26H,1H3,(H,29,31)(H,30,32)/b25-19-. The van der Waals surface area contributed by atoms with Gasteiger partial charge in [0.1, 0.15) is 11.5 Å². The lowest BCUT2D eigenvalue weighted by molar-refractivity contribution is -0.118. The maximum absolute atomic E-state index is 13.4. The molecule has 0 spiro atoms. The van der Waals surface area contributed by atoms with Crippen LogP contribution in [0, 0.1) is 6.92 Å². The molecule has 0 saturated heterocycles. The zero-order valence-corrected chi connectivity index (χ0v) is 18.2. The minimum Gasteiger partial charge on any atom is -0.465 e. The van der Waals surface area contributed by atoms with Crippen LogP contribution in [-0.2, 0) is 4.79 Å². The molecule has 2 amide bonds. The Morgan fingerprint density at radius 2 is 1.48 bits per heavy atom. The number of aryl methyl sites for hydroxylation is 1. The molecule has 5 heteroatoms. The third kappa shape index (κ3) is 5.66. The molecule has 5 nitrogen and oxygen atoms in total. The minimum atomic E-state index is -0.426. The van der Waals surface area contributed by atoms with Crippen LogP contribution < -0.4 is 10.6 Å². The zero-order chi connectivity index (χ0) is 23.0. The Labute approximate surface area is 192 Å². The van der Waals surface area contributed by atoms with Gasteiger partial charge >= 0.3 is 0 Å². The first kappa shape index (κ1) is 21.8. The second-order valence-corrected chi connectivity index (χ2v) is 7.62. The molecule has 1 heterocycles. The number of furan rings is 1. The molecule has 33 heavy (non-hydrogen) atoms. The summed E-state index contributed by atoms with van der Waals surface area (Å²) in [5.74, 6) is -0.339. The van der Waals surface area contributed by atoms with Crippen LogP contribution in [0.15, 0.2) is 113 Å². The van der Waals surface area contributed by atoms with Crippen molar-refractivity contribution in [2.45, 2.75) is 13.0 Å². The molecule has 0 unspecified atom stereocenters. The van der Waals surface area contributed by atoms with Gasteiger partial charge in [-0.2, -0.15) is 0 Å². The highest BCUT2D eigenvalue weighted by molar-refractivity contribution is 6.05. The van der Waals surface area contributed by atoms with Gasteiger partial charge in [0.2, 0.25) is 0 Å². The van der Waals surface area contributed by atoms with Crippen LogP contribution >= 0.6 is 0 Å². The van der Waals surface area contributed by atoms with E-state index in [2.05, 4.69) is 10.6 Å². The van der Waals surface area contributed by atoms with Gasteiger partial charge in [-0.05, 0) is 42.3 Å². The topological polar surface area (TPSA) is 71.3 Å². The largest absolute Gasteiger partial charge is 0.465 e. The highest BCUT2D eigenvalue weighted by Gasteiger charge is 2.21. The lowest BCUT2D eigenvalue weighted by atomic mass is 9.98. The van der Waals surface area contributed by atoms with E-state index in [0.29, 0.717) is 11.3 Å². The highest BCUT2D eigenvalue weighted by atomic mass is 16.3. The summed E-state index contributed by atoms with van der Waals surface area (Å²) in [5, 5.41) is 5.82. The summed E-state index contributed by atoms with van der Waals surface area (Å²) in [5.41, 5.74) is 3.37. The number of nitrogens with one attached hydrogen (secondary N) is 2. The lowest BCUT2D eigenvalue weighted by Gasteiger charge is -2.21. The number of carbonyl (C=O) groups is 2. The monoisotopic (exact) mass is 436 g/mol. The van der Waals surface area contributed by atoms with E-state index in [9.17, 15) is 9.59 Å². The summed E-state index contributed by atoms with van der Waals surface area (Å²) in [4.78, 5) is 26.3. The molecule has 0 radical (unpaired) electrons. The minimum absolute atomic E-state index is 0.0910. The summed E-state index contributed by atoms with van der Waals surface area (Å²) in [7, 11) is 0. The van der Waals surface area contributed by atoms with Gasteiger partial charge in [-0.25, -0.2) is 0 Å². The van der Waals surface area contributed by atoms with E-state index in [1.165, 1.54) is 12.3 Å². The predicted octanol–water partition coefficient (Wildman–Crippen LogP) is 5.26. The molecule has 0 bridgehead atoms. The fourth-order valence-corrected chi connectivity index (χ4v) is 3.51. The van der Waals surface area contributed by atoms with Gasteiger partial charge in [-0.15, -0.1) is 0 Å². The van der Waals surface area contributed by atoms with E-state index >= 15 is 0 Å². The number of rotatable bonds is 7. The van der Waals surface area contributed by atoms with E-state index in [1.54, 1.807) is 30.3 Å². The van der Waals surface area contributed by atoms with E-state index < -0.39 is 11.9 Å². The first-order chi connectivity index (χ1) is 16.1. The van der Waals surface area contributed by atoms with Crippen LogP contribution in [0.5, 0.6) is 0 Å². The quantitative estimate of drug-likeness (QED) is 0.388. The van der Waals surface area contributed by atoms with Crippen molar-refractivity contribution in [2.75, 3.05) is 0 Å². The van der Waals surface area contributed by atoms with Gasteiger partial charge in [0, 0.05) is 11.6 Å². The van der Waals surface area contributed by atoms with Crippen molar-refractivity contribution in [2.24, 2.45) is 0 Å². The summed E-state index contributed by atoms with van der Waals surface area (Å²) in [6, 6.07) is 29.6. The Balaban J connectivity index is 1.64. The first-order valence-corrected chi connectivity index (χ1v) is 10.6. The third-order valence-corrected chi connectivity index (χ3v) is 5.14. The molecule has 164 valence electrons. The third-order valence-electron chi connectivity index (χ3n) is 5.14. The number of benzene rings is 3. The number of amides is 2. The Morgan fingerprint density at radius 1 is 0.818 bits per heavy atom. The van der Waals surface area contributed by atoms with E-state index in [1.807, 2.05) is 73.7 Å². The summed E-state index contributed by atoms with van der Waals surface area (Å²) in [6.07, 6.45) is 3.04. The molecule has 0 atom stereocenters. The Kier molecular flexibility index (Phi) is 6.81. The Bertz CT molecular complexity index is 1210. The van der Waals surface area contributed by atoms with Gasteiger partial charge < -0.3 is 15.1 Å². The van der Waals surface area contributed by atoms with Crippen molar-refractivity contribution in [3.8, 4) is 0 Å². The molecule has 0 aliphatic heterocycles. The second kappa shape index (κ2) is 10.3. The fraction of sp³-hybridized carbons (Fsp3) is 0.0714. The van der Waals surface area contributed by atoms with Crippen molar-refractivity contribution >= 4 is 17.9 Å². The number of carbonyl (C=O) groups excluding carboxylic acids is 2. The molecule has 4 aromatic rings. The van der Waals surface area contributed by atoms with Gasteiger partial charge in [0.25, 0.3) is 11.8 Å². The average molecular weight is 437 g/mol. The normalized spacial score (nSPS) is 11.3. The van der Waals surface area contributed by atoms with Crippen molar-refractivity contribution in [1.29, 1.82) is 0 Å². The second-order valence-electron chi connectivity index (χ2n) is 7.62. The summed E-state index contributed by atoms with van der Waals surface area (Å²) < 4.78 is 5.39.